The van der Waals surface area contributed by atoms with Gasteiger partial charge in [0.15, 0.2) is 0 Å². The average Bonchev–Trinajstić information content (AvgIpc) is 2.18. The van der Waals surface area contributed by atoms with Gasteiger partial charge in [-0.1, -0.05) is 13.0 Å². The summed E-state index contributed by atoms with van der Waals surface area (Å²) in [6.07, 6.45) is 2.88. The van der Waals surface area contributed by atoms with Gasteiger partial charge in [0, 0.05) is 11.8 Å². The molecule has 0 aliphatic carbocycles. The van der Waals surface area contributed by atoms with Crippen molar-refractivity contribution in [2.24, 2.45) is 0 Å². The molecule has 0 bridgehead atoms. The highest BCUT2D eigenvalue weighted by Gasteiger charge is 2.06. The van der Waals surface area contributed by atoms with E-state index in [1.54, 1.807) is 6.20 Å². The molecular formula is C10H14ClNO. The Morgan fingerprint density at radius 3 is 3.00 bits per heavy atom. The minimum absolute atomic E-state index is 0.192. The molecule has 0 amide bonds. The highest BCUT2D eigenvalue weighted by atomic mass is 35.5. The monoisotopic (exact) mass is 199 g/mol. The second-order valence-electron chi connectivity index (χ2n) is 2.94. The molecule has 3 heteroatoms. The van der Waals surface area contributed by atoms with Crippen LogP contribution in [0.5, 0.6) is 5.88 Å². The number of aromatic nitrogens is 1. The smallest absolute Gasteiger partial charge is 0.217 e. The van der Waals surface area contributed by atoms with Crippen LogP contribution in [-0.2, 0) is 5.88 Å². The predicted octanol–water partition coefficient (Wildman–Crippen LogP) is 3.00. The molecule has 1 atom stereocenters. The van der Waals surface area contributed by atoms with Crippen molar-refractivity contribution in [1.29, 1.82) is 0 Å². The van der Waals surface area contributed by atoms with Crippen molar-refractivity contribution in [3.8, 4) is 5.88 Å². The zero-order valence-corrected chi connectivity index (χ0v) is 8.71. The fourth-order valence-corrected chi connectivity index (χ4v) is 1.11. The van der Waals surface area contributed by atoms with Crippen LogP contribution in [0.15, 0.2) is 18.3 Å². The molecule has 1 aromatic heterocycles. The molecule has 1 heterocycles. The van der Waals surface area contributed by atoms with E-state index in [1.807, 2.05) is 19.1 Å². The Labute approximate surface area is 83.9 Å². The topological polar surface area (TPSA) is 22.1 Å². The van der Waals surface area contributed by atoms with Crippen molar-refractivity contribution in [2.75, 3.05) is 0 Å². The van der Waals surface area contributed by atoms with Crippen LogP contribution in [0.3, 0.4) is 0 Å². The van der Waals surface area contributed by atoms with Gasteiger partial charge in [0.25, 0.3) is 0 Å². The first kappa shape index (κ1) is 10.3. The van der Waals surface area contributed by atoms with E-state index in [4.69, 9.17) is 16.3 Å². The molecule has 0 saturated heterocycles. The van der Waals surface area contributed by atoms with Crippen molar-refractivity contribution < 1.29 is 4.74 Å². The summed E-state index contributed by atoms with van der Waals surface area (Å²) >= 11 is 5.74. The number of halogens is 1. The van der Waals surface area contributed by atoms with Crippen molar-refractivity contribution in [2.45, 2.75) is 32.3 Å². The molecule has 0 radical (unpaired) electrons. The van der Waals surface area contributed by atoms with Crippen molar-refractivity contribution in [1.82, 2.24) is 4.98 Å². The van der Waals surface area contributed by atoms with Crippen LogP contribution >= 0.6 is 11.6 Å². The Bertz CT molecular complexity index is 265. The molecule has 0 fully saturated rings. The van der Waals surface area contributed by atoms with Gasteiger partial charge in [0.1, 0.15) is 0 Å². The number of hydrogen-bond donors (Lipinski definition) is 0. The van der Waals surface area contributed by atoms with Gasteiger partial charge in [-0.3, -0.25) is 0 Å². The molecule has 1 unspecified atom stereocenters. The molecule has 13 heavy (non-hydrogen) atoms. The van der Waals surface area contributed by atoms with Crippen LogP contribution in [0.1, 0.15) is 25.8 Å². The number of alkyl halides is 1. The molecule has 0 saturated carbocycles. The maximum Gasteiger partial charge on any atom is 0.217 e. The first-order chi connectivity index (χ1) is 6.27. The van der Waals surface area contributed by atoms with E-state index >= 15 is 0 Å². The third kappa shape index (κ3) is 2.88. The quantitative estimate of drug-likeness (QED) is 0.696. The summed E-state index contributed by atoms with van der Waals surface area (Å²) in [5.74, 6) is 1.10. The van der Waals surface area contributed by atoms with Crippen molar-refractivity contribution >= 4 is 11.6 Å². The third-order valence-corrected chi connectivity index (χ3v) is 2.17. The highest BCUT2D eigenvalue weighted by molar-refractivity contribution is 6.17. The number of pyridine rings is 1. The lowest BCUT2D eigenvalue weighted by atomic mass is 10.3. The van der Waals surface area contributed by atoms with Crippen LogP contribution in [0.25, 0.3) is 0 Å². The molecule has 0 aromatic carbocycles. The van der Waals surface area contributed by atoms with Gasteiger partial charge in [0.05, 0.1) is 12.0 Å². The lowest BCUT2D eigenvalue weighted by Crippen LogP contribution is -2.11. The zero-order chi connectivity index (χ0) is 9.68. The van der Waals surface area contributed by atoms with Gasteiger partial charge in [-0.2, -0.15) is 0 Å². The van der Waals surface area contributed by atoms with E-state index in [0.29, 0.717) is 11.8 Å². The molecule has 2 nitrogen and oxygen atoms in total. The summed E-state index contributed by atoms with van der Waals surface area (Å²) < 4.78 is 5.59. The van der Waals surface area contributed by atoms with Gasteiger partial charge < -0.3 is 4.74 Å². The van der Waals surface area contributed by atoms with E-state index in [0.717, 1.165) is 12.0 Å². The van der Waals surface area contributed by atoms with Gasteiger partial charge in [-0.15, -0.1) is 11.6 Å². The van der Waals surface area contributed by atoms with Gasteiger partial charge >= 0.3 is 0 Å². The third-order valence-electron chi connectivity index (χ3n) is 1.88. The van der Waals surface area contributed by atoms with E-state index in [1.165, 1.54) is 0 Å². The number of hydrogen-bond acceptors (Lipinski definition) is 2. The Balaban J connectivity index is 2.74. The predicted molar refractivity (Wildman–Crippen MR) is 54.2 cm³/mol. The van der Waals surface area contributed by atoms with Crippen LogP contribution in [0.4, 0.5) is 0 Å². The van der Waals surface area contributed by atoms with E-state index < -0.39 is 0 Å². The first-order valence-electron chi connectivity index (χ1n) is 4.44. The molecule has 72 valence electrons. The molecule has 1 rings (SSSR count). The number of nitrogens with zero attached hydrogens (tertiary/aromatic N) is 1. The molecular weight excluding hydrogens is 186 g/mol. The lowest BCUT2D eigenvalue weighted by molar-refractivity contribution is 0.207. The Kier molecular flexibility index (Phi) is 4.03. The lowest BCUT2D eigenvalue weighted by Gasteiger charge is -2.13. The molecule has 0 aliphatic heterocycles. The number of rotatable bonds is 4. The zero-order valence-electron chi connectivity index (χ0n) is 7.96. The van der Waals surface area contributed by atoms with Gasteiger partial charge in [-0.05, 0) is 19.4 Å². The fraction of sp³-hybridized carbons (Fsp3) is 0.500. The van der Waals surface area contributed by atoms with Crippen LogP contribution in [0.2, 0.25) is 0 Å². The second-order valence-corrected chi connectivity index (χ2v) is 3.21. The Morgan fingerprint density at radius 1 is 1.62 bits per heavy atom. The average molecular weight is 200 g/mol. The van der Waals surface area contributed by atoms with E-state index in [2.05, 4.69) is 11.9 Å². The minimum atomic E-state index is 0.192. The minimum Gasteiger partial charge on any atom is -0.474 e. The second kappa shape index (κ2) is 5.07. The van der Waals surface area contributed by atoms with E-state index in [9.17, 15) is 0 Å². The Morgan fingerprint density at radius 2 is 2.38 bits per heavy atom. The Hall–Kier alpha value is -0.760. The van der Waals surface area contributed by atoms with Crippen LogP contribution < -0.4 is 4.74 Å². The standard InChI is InChI=1S/C10H14ClNO/c1-3-8(2)13-10-9(7-11)5-4-6-12-10/h4-6,8H,3,7H2,1-2H3. The fourth-order valence-electron chi connectivity index (χ4n) is 0.906. The molecule has 1 aromatic rings. The number of ether oxygens (including phenoxy) is 1. The normalized spacial score (nSPS) is 12.5. The van der Waals surface area contributed by atoms with Gasteiger partial charge in [0.2, 0.25) is 5.88 Å². The van der Waals surface area contributed by atoms with Crippen LogP contribution in [-0.4, -0.2) is 11.1 Å². The molecule has 0 spiro atoms. The summed E-state index contributed by atoms with van der Waals surface area (Å²) in [6, 6.07) is 3.79. The maximum atomic E-state index is 5.74. The summed E-state index contributed by atoms with van der Waals surface area (Å²) in [4.78, 5) is 4.13. The summed E-state index contributed by atoms with van der Waals surface area (Å²) in [7, 11) is 0. The maximum absolute atomic E-state index is 5.74. The summed E-state index contributed by atoms with van der Waals surface area (Å²) in [5, 5.41) is 0. The SMILES string of the molecule is CCC(C)Oc1ncccc1CCl. The summed E-state index contributed by atoms with van der Waals surface area (Å²) in [5.41, 5.74) is 0.949. The molecule has 0 aliphatic rings. The van der Waals surface area contributed by atoms with Gasteiger partial charge in [-0.25, -0.2) is 4.98 Å². The first-order valence-corrected chi connectivity index (χ1v) is 4.98. The van der Waals surface area contributed by atoms with Crippen molar-refractivity contribution in [3.63, 3.8) is 0 Å². The largest absolute Gasteiger partial charge is 0.474 e. The van der Waals surface area contributed by atoms with E-state index in [-0.39, 0.29) is 6.10 Å². The summed E-state index contributed by atoms with van der Waals surface area (Å²) in [6.45, 7) is 4.10. The molecule has 0 N–H and O–H groups in total. The van der Waals surface area contributed by atoms with Crippen molar-refractivity contribution in [3.05, 3.63) is 23.9 Å². The van der Waals surface area contributed by atoms with Crippen LogP contribution in [0, 0.1) is 0 Å². The highest BCUT2D eigenvalue weighted by Crippen LogP contribution is 2.18.